The number of hydrogen-bond donors (Lipinski definition) is 1. The van der Waals surface area contributed by atoms with Gasteiger partial charge in [-0.05, 0) is 26.0 Å². The number of rotatable bonds is 4. The first-order chi connectivity index (χ1) is 7.50. The zero-order valence-electron chi connectivity index (χ0n) is 9.09. The molecule has 1 aromatic rings. The van der Waals surface area contributed by atoms with E-state index < -0.39 is 0 Å². The van der Waals surface area contributed by atoms with E-state index in [0.717, 1.165) is 0 Å². The van der Waals surface area contributed by atoms with Crippen molar-refractivity contribution < 1.29 is 9.53 Å². The van der Waals surface area contributed by atoms with Gasteiger partial charge in [0.15, 0.2) is 6.61 Å². The van der Waals surface area contributed by atoms with Gasteiger partial charge in [-0.2, -0.15) is 0 Å². The minimum Gasteiger partial charge on any atom is -0.482 e. The maximum absolute atomic E-state index is 11.3. The predicted octanol–water partition coefficient (Wildman–Crippen LogP) is 2.90. The Morgan fingerprint density at radius 2 is 2.12 bits per heavy atom. The van der Waals surface area contributed by atoms with Crippen molar-refractivity contribution in [1.29, 1.82) is 0 Å². The van der Waals surface area contributed by atoms with Crippen LogP contribution < -0.4 is 10.1 Å². The number of carbonyl (C=O) groups is 1. The topological polar surface area (TPSA) is 38.3 Å². The fourth-order valence-electron chi connectivity index (χ4n) is 1.10. The van der Waals surface area contributed by atoms with E-state index in [1.165, 1.54) is 0 Å². The van der Waals surface area contributed by atoms with Gasteiger partial charge >= 0.3 is 0 Å². The Morgan fingerprint density at radius 1 is 1.44 bits per heavy atom. The monoisotopic (exact) mass is 261 g/mol. The number of carbonyl (C=O) groups excluding carboxylic acids is 1. The van der Waals surface area contributed by atoms with Crippen molar-refractivity contribution in [2.75, 3.05) is 6.61 Å². The molecule has 88 valence electrons. The summed E-state index contributed by atoms with van der Waals surface area (Å²) in [4.78, 5) is 11.3. The molecule has 0 atom stereocenters. The van der Waals surface area contributed by atoms with E-state index in [2.05, 4.69) is 5.32 Å². The van der Waals surface area contributed by atoms with Gasteiger partial charge in [-0.1, -0.05) is 29.3 Å². The van der Waals surface area contributed by atoms with Crippen LogP contribution in [0.15, 0.2) is 18.2 Å². The lowest BCUT2D eigenvalue weighted by atomic mass is 10.3. The molecule has 5 heteroatoms. The number of benzene rings is 1. The lowest BCUT2D eigenvalue weighted by Crippen LogP contribution is -2.34. The van der Waals surface area contributed by atoms with E-state index in [4.69, 9.17) is 27.9 Å². The van der Waals surface area contributed by atoms with Gasteiger partial charge in [-0.25, -0.2) is 0 Å². The first kappa shape index (κ1) is 13.1. The van der Waals surface area contributed by atoms with Gasteiger partial charge in [0, 0.05) is 6.04 Å². The van der Waals surface area contributed by atoms with Crippen molar-refractivity contribution in [3.8, 4) is 5.75 Å². The Labute approximate surface area is 105 Å². The fourth-order valence-corrected chi connectivity index (χ4v) is 1.45. The summed E-state index contributed by atoms with van der Waals surface area (Å²) in [5, 5.41) is 3.43. The molecular formula is C11H13Cl2NO2. The molecule has 1 N–H and O–H groups in total. The van der Waals surface area contributed by atoms with E-state index in [0.29, 0.717) is 15.8 Å². The molecule has 0 unspecified atom stereocenters. The number of nitrogens with one attached hydrogen (secondary N) is 1. The first-order valence-corrected chi connectivity index (χ1v) is 5.62. The minimum atomic E-state index is -0.189. The second kappa shape index (κ2) is 5.97. The molecule has 3 nitrogen and oxygen atoms in total. The summed E-state index contributed by atoms with van der Waals surface area (Å²) in [7, 11) is 0. The van der Waals surface area contributed by atoms with Crippen LogP contribution in [0.3, 0.4) is 0 Å². The third-order valence-electron chi connectivity index (χ3n) is 1.72. The Hall–Kier alpha value is -0.930. The minimum absolute atomic E-state index is 0.0712. The highest BCUT2D eigenvalue weighted by Gasteiger charge is 2.08. The van der Waals surface area contributed by atoms with Crippen LogP contribution in [0.2, 0.25) is 10.0 Å². The van der Waals surface area contributed by atoms with Gasteiger partial charge in [0.2, 0.25) is 0 Å². The molecule has 16 heavy (non-hydrogen) atoms. The van der Waals surface area contributed by atoms with Crippen LogP contribution in [0.25, 0.3) is 0 Å². The quantitative estimate of drug-likeness (QED) is 0.906. The molecule has 0 aliphatic heterocycles. The van der Waals surface area contributed by atoms with Gasteiger partial charge < -0.3 is 10.1 Å². The zero-order valence-corrected chi connectivity index (χ0v) is 10.6. The first-order valence-electron chi connectivity index (χ1n) is 4.87. The Balaban J connectivity index is 2.55. The molecule has 0 fully saturated rings. The highest BCUT2D eigenvalue weighted by molar-refractivity contribution is 6.42. The van der Waals surface area contributed by atoms with Gasteiger partial charge in [-0.3, -0.25) is 4.79 Å². The number of ether oxygens (including phenoxy) is 1. The molecule has 0 bridgehead atoms. The summed E-state index contributed by atoms with van der Waals surface area (Å²) in [5.41, 5.74) is 0. The van der Waals surface area contributed by atoms with Gasteiger partial charge in [0.1, 0.15) is 10.8 Å². The van der Waals surface area contributed by atoms with Crippen LogP contribution in [-0.4, -0.2) is 18.6 Å². The van der Waals surface area contributed by atoms with Crippen molar-refractivity contribution in [3.05, 3.63) is 28.2 Å². The predicted molar refractivity (Wildman–Crippen MR) is 65.2 cm³/mol. The zero-order chi connectivity index (χ0) is 12.1. The molecule has 0 aliphatic rings. The van der Waals surface area contributed by atoms with Crippen LogP contribution in [0.4, 0.5) is 0 Å². The van der Waals surface area contributed by atoms with E-state index in [-0.39, 0.29) is 18.6 Å². The molecule has 0 saturated carbocycles. The summed E-state index contributed by atoms with van der Waals surface area (Å²) in [6.45, 7) is 3.69. The van der Waals surface area contributed by atoms with Crippen LogP contribution in [-0.2, 0) is 4.79 Å². The highest BCUT2D eigenvalue weighted by Crippen LogP contribution is 2.31. The third-order valence-corrected chi connectivity index (χ3v) is 2.53. The Kier molecular flexibility index (Phi) is 4.90. The Bertz CT molecular complexity index is 380. The third kappa shape index (κ3) is 3.91. The molecule has 1 amide bonds. The smallest absolute Gasteiger partial charge is 0.258 e. The highest BCUT2D eigenvalue weighted by atomic mass is 35.5. The van der Waals surface area contributed by atoms with Crippen molar-refractivity contribution in [2.24, 2.45) is 0 Å². The summed E-state index contributed by atoms with van der Waals surface area (Å²) >= 11 is 11.7. The summed E-state index contributed by atoms with van der Waals surface area (Å²) in [5.74, 6) is 0.221. The standard InChI is InChI=1S/C11H13Cl2NO2/c1-7(2)14-10(15)6-16-9-5-3-4-8(12)11(9)13/h3-5,7H,6H2,1-2H3,(H,14,15). The molecule has 0 heterocycles. The molecule has 0 radical (unpaired) electrons. The van der Waals surface area contributed by atoms with Gasteiger partial charge in [0.05, 0.1) is 5.02 Å². The molecule has 1 aromatic carbocycles. The van der Waals surface area contributed by atoms with E-state index in [9.17, 15) is 4.79 Å². The van der Waals surface area contributed by atoms with Crippen molar-refractivity contribution in [2.45, 2.75) is 19.9 Å². The van der Waals surface area contributed by atoms with Gasteiger partial charge in [-0.15, -0.1) is 0 Å². The van der Waals surface area contributed by atoms with E-state index in [1.807, 2.05) is 13.8 Å². The molecule has 0 aromatic heterocycles. The van der Waals surface area contributed by atoms with Crippen LogP contribution in [0.5, 0.6) is 5.75 Å². The number of halogens is 2. The van der Waals surface area contributed by atoms with Crippen LogP contribution in [0.1, 0.15) is 13.8 Å². The second-order valence-electron chi connectivity index (χ2n) is 3.56. The van der Waals surface area contributed by atoms with Crippen molar-refractivity contribution in [3.63, 3.8) is 0 Å². The van der Waals surface area contributed by atoms with Crippen molar-refractivity contribution >= 4 is 29.1 Å². The van der Waals surface area contributed by atoms with E-state index >= 15 is 0 Å². The van der Waals surface area contributed by atoms with Crippen LogP contribution >= 0.6 is 23.2 Å². The number of amides is 1. The summed E-state index contributed by atoms with van der Waals surface area (Å²) in [6.07, 6.45) is 0. The lowest BCUT2D eigenvalue weighted by Gasteiger charge is -2.10. The Morgan fingerprint density at radius 3 is 2.75 bits per heavy atom. The SMILES string of the molecule is CC(C)NC(=O)COc1cccc(Cl)c1Cl. The fraction of sp³-hybridized carbons (Fsp3) is 0.364. The average Bonchev–Trinajstić information content (AvgIpc) is 2.19. The average molecular weight is 262 g/mol. The lowest BCUT2D eigenvalue weighted by molar-refractivity contribution is -0.123. The second-order valence-corrected chi connectivity index (χ2v) is 4.35. The molecule has 1 rings (SSSR count). The number of hydrogen-bond acceptors (Lipinski definition) is 2. The normalized spacial score (nSPS) is 10.3. The largest absolute Gasteiger partial charge is 0.482 e. The summed E-state index contributed by atoms with van der Waals surface area (Å²) in [6, 6.07) is 5.12. The molecule has 0 spiro atoms. The van der Waals surface area contributed by atoms with E-state index in [1.54, 1.807) is 18.2 Å². The molecule has 0 aliphatic carbocycles. The van der Waals surface area contributed by atoms with Gasteiger partial charge in [0.25, 0.3) is 5.91 Å². The molecular weight excluding hydrogens is 249 g/mol. The van der Waals surface area contributed by atoms with Crippen molar-refractivity contribution in [1.82, 2.24) is 5.32 Å². The maximum atomic E-state index is 11.3. The maximum Gasteiger partial charge on any atom is 0.258 e. The summed E-state index contributed by atoms with van der Waals surface area (Å²) < 4.78 is 5.25. The van der Waals surface area contributed by atoms with Crippen LogP contribution in [0, 0.1) is 0 Å². The molecule has 0 saturated heterocycles.